The molecule has 0 aliphatic carbocycles. The van der Waals surface area contributed by atoms with Gasteiger partial charge in [-0.3, -0.25) is 0 Å². The molecule has 0 radical (unpaired) electrons. The molecular weight excluding hydrogens is 528 g/mol. The Bertz CT molecular complexity index is 1110. The molecule has 2 atom stereocenters. The summed E-state index contributed by atoms with van der Waals surface area (Å²) in [6.07, 6.45) is 0.804. The summed E-state index contributed by atoms with van der Waals surface area (Å²) in [5.41, 5.74) is 0.980. The Morgan fingerprint density at radius 2 is 2.14 bits per heavy atom. The van der Waals surface area contributed by atoms with Crippen molar-refractivity contribution in [2.45, 2.75) is 31.0 Å². The van der Waals surface area contributed by atoms with Crippen LogP contribution in [0.1, 0.15) is 50.7 Å². The van der Waals surface area contributed by atoms with Crippen molar-refractivity contribution < 1.29 is 33.4 Å². The number of hydrogen-bond acceptors (Lipinski definition) is 12. The summed E-state index contributed by atoms with van der Waals surface area (Å²) in [7, 11) is 2.70. The Morgan fingerprint density at radius 1 is 1.42 bits per heavy atom. The maximum absolute atomic E-state index is 12.5. The number of carbonyl (C=O) groups excluding carboxylic acids is 2. The van der Waals surface area contributed by atoms with Crippen LogP contribution in [0.5, 0.6) is 11.5 Å². The molecule has 0 saturated heterocycles. The van der Waals surface area contributed by atoms with Crippen molar-refractivity contribution in [2.75, 3.05) is 26.6 Å². The van der Waals surface area contributed by atoms with E-state index in [1.165, 1.54) is 38.1 Å². The summed E-state index contributed by atoms with van der Waals surface area (Å²) >= 11 is 11.1. The lowest BCUT2D eigenvalue weighted by Crippen LogP contribution is -2.27. The summed E-state index contributed by atoms with van der Waals surface area (Å²) in [4.78, 5) is 28.9. The smallest absolute Gasteiger partial charge is 0.407 e. The number of thiocarbonyl (C=S) groups is 1. The molecule has 0 fully saturated rings. The van der Waals surface area contributed by atoms with Gasteiger partial charge < -0.3 is 34.5 Å². The summed E-state index contributed by atoms with van der Waals surface area (Å²) in [6.45, 7) is 6.93. The van der Waals surface area contributed by atoms with E-state index < -0.39 is 22.7 Å². The lowest BCUT2D eigenvalue weighted by Gasteiger charge is -2.21. The standard InChI is InChI=1S/C22H28N4O7S3/c1-6-7-32-22(29)23-9-16-25-19(33-26-16)13(24-12(3)34)10-36-21(35)18-14(27)8-15(30-4)11(2)17(18)20(28)31-5/h6,8,13,21,27,35H,1,7,9-10H2,2-5H3,(H,23,29)(H,24,34). The molecule has 3 N–H and O–H groups in total. The van der Waals surface area contributed by atoms with E-state index in [-0.39, 0.29) is 36.2 Å². The van der Waals surface area contributed by atoms with Gasteiger partial charge >= 0.3 is 12.1 Å². The van der Waals surface area contributed by atoms with Gasteiger partial charge in [0.15, 0.2) is 5.82 Å². The second-order valence-electron chi connectivity index (χ2n) is 7.23. The molecule has 14 heteroatoms. The van der Waals surface area contributed by atoms with E-state index in [4.69, 9.17) is 31.0 Å². The number of carbonyl (C=O) groups is 2. The molecule has 2 unspecified atom stereocenters. The average Bonchev–Trinajstić information content (AvgIpc) is 3.32. The molecule has 2 rings (SSSR count). The van der Waals surface area contributed by atoms with Crippen molar-refractivity contribution in [1.82, 2.24) is 20.8 Å². The number of thioether (sulfide) groups is 1. The van der Waals surface area contributed by atoms with E-state index in [0.29, 0.717) is 27.6 Å². The maximum Gasteiger partial charge on any atom is 0.407 e. The van der Waals surface area contributed by atoms with Crippen LogP contribution in [0.4, 0.5) is 4.79 Å². The van der Waals surface area contributed by atoms with Crippen LogP contribution in [0, 0.1) is 6.92 Å². The summed E-state index contributed by atoms with van der Waals surface area (Å²) in [5, 5.41) is 20.1. The SMILES string of the molecule is C=CCOC(=O)NCc1noc(C(CSC(S)c2c(O)cc(OC)c(C)c2C(=O)OC)NC(C)=S)n1. The minimum Gasteiger partial charge on any atom is -0.507 e. The lowest BCUT2D eigenvalue weighted by atomic mass is 10.0. The number of phenols is 1. The number of aromatic nitrogens is 2. The lowest BCUT2D eigenvalue weighted by molar-refractivity contribution is 0.0597. The zero-order valence-electron chi connectivity index (χ0n) is 20.2. The number of hydrogen-bond donors (Lipinski definition) is 4. The fraction of sp³-hybridized carbons (Fsp3) is 0.409. The van der Waals surface area contributed by atoms with E-state index in [1.54, 1.807) is 13.8 Å². The van der Waals surface area contributed by atoms with Gasteiger partial charge in [0.2, 0.25) is 5.89 Å². The number of benzene rings is 1. The molecule has 11 nitrogen and oxygen atoms in total. The molecule has 0 bridgehead atoms. The second kappa shape index (κ2) is 13.9. The van der Waals surface area contributed by atoms with Crippen LogP contribution in [0.2, 0.25) is 0 Å². The van der Waals surface area contributed by atoms with Crippen molar-refractivity contribution in [3.05, 3.63) is 47.1 Å². The van der Waals surface area contributed by atoms with Gasteiger partial charge in [0, 0.05) is 22.9 Å². The average molecular weight is 557 g/mol. The molecule has 1 amide bonds. The predicted octanol–water partition coefficient (Wildman–Crippen LogP) is 3.63. The molecular formula is C22H28N4O7S3. The zero-order valence-corrected chi connectivity index (χ0v) is 22.7. The third kappa shape index (κ3) is 7.77. The first-order chi connectivity index (χ1) is 17.1. The molecule has 0 saturated carbocycles. The predicted molar refractivity (Wildman–Crippen MR) is 142 cm³/mol. The topological polar surface area (TPSA) is 145 Å². The number of rotatable bonds is 12. The minimum absolute atomic E-state index is 0.00735. The van der Waals surface area contributed by atoms with Crippen LogP contribution in [-0.4, -0.2) is 58.9 Å². The third-order valence-corrected chi connectivity index (χ3v) is 6.62. The van der Waals surface area contributed by atoms with Crippen molar-refractivity contribution in [2.24, 2.45) is 0 Å². The third-order valence-electron chi connectivity index (χ3n) is 4.72. The largest absolute Gasteiger partial charge is 0.507 e. The first-order valence-corrected chi connectivity index (χ1v) is 12.5. The number of thiol groups is 1. The fourth-order valence-electron chi connectivity index (χ4n) is 3.10. The molecule has 196 valence electrons. The normalized spacial score (nSPS) is 12.2. The van der Waals surface area contributed by atoms with Crippen molar-refractivity contribution in [1.29, 1.82) is 0 Å². The van der Waals surface area contributed by atoms with Gasteiger partial charge in [-0.1, -0.05) is 30.0 Å². The quantitative estimate of drug-likeness (QED) is 0.0996. The van der Waals surface area contributed by atoms with E-state index in [1.807, 2.05) is 0 Å². The Hall–Kier alpha value is -2.97. The van der Waals surface area contributed by atoms with Gasteiger partial charge in [-0.15, -0.1) is 11.8 Å². The number of esters is 1. The van der Waals surface area contributed by atoms with Crippen molar-refractivity contribution >= 4 is 53.7 Å². The molecule has 1 heterocycles. The number of alkyl carbamates (subject to hydrolysis) is 1. The van der Waals surface area contributed by atoms with Crippen LogP contribution in [-0.2, 0) is 16.0 Å². The highest BCUT2D eigenvalue weighted by Crippen LogP contribution is 2.44. The first kappa shape index (κ1) is 29.3. The number of methoxy groups -OCH3 is 2. The van der Waals surface area contributed by atoms with Crippen LogP contribution >= 0.6 is 36.6 Å². The number of aromatic hydroxyl groups is 1. The Labute approximate surface area is 223 Å². The summed E-state index contributed by atoms with van der Waals surface area (Å²) < 4.78 is 19.7. The maximum atomic E-state index is 12.5. The fourth-order valence-corrected chi connectivity index (χ4v) is 4.77. The Kier molecular flexibility index (Phi) is 11.3. The van der Waals surface area contributed by atoms with Crippen molar-refractivity contribution in [3.63, 3.8) is 0 Å². The Balaban J connectivity index is 2.21. The molecule has 0 aliphatic heterocycles. The zero-order chi connectivity index (χ0) is 26.8. The van der Waals surface area contributed by atoms with Gasteiger partial charge in [-0.2, -0.15) is 17.6 Å². The molecule has 1 aromatic carbocycles. The number of ether oxygens (including phenoxy) is 3. The minimum atomic E-state index is -0.643. The van der Waals surface area contributed by atoms with Crippen molar-refractivity contribution in [3.8, 4) is 11.5 Å². The van der Waals surface area contributed by atoms with E-state index in [9.17, 15) is 14.7 Å². The van der Waals surface area contributed by atoms with Gasteiger partial charge in [-0.25, -0.2) is 9.59 Å². The summed E-state index contributed by atoms with van der Waals surface area (Å²) in [5.74, 6) is 0.351. The number of nitrogens with one attached hydrogen (secondary N) is 2. The van der Waals surface area contributed by atoms with Gasteiger partial charge in [0.25, 0.3) is 0 Å². The van der Waals surface area contributed by atoms with Crippen LogP contribution in [0.3, 0.4) is 0 Å². The molecule has 2 aromatic rings. The molecule has 1 aromatic heterocycles. The Morgan fingerprint density at radius 3 is 2.75 bits per heavy atom. The van der Waals surface area contributed by atoms with Gasteiger partial charge in [0.1, 0.15) is 24.1 Å². The highest BCUT2D eigenvalue weighted by molar-refractivity contribution is 8.09. The molecule has 0 aliphatic rings. The second-order valence-corrected chi connectivity index (χ2v) is 9.85. The molecule has 36 heavy (non-hydrogen) atoms. The van der Waals surface area contributed by atoms with E-state index in [0.717, 1.165) is 0 Å². The van der Waals surface area contributed by atoms with E-state index >= 15 is 0 Å². The number of amides is 1. The van der Waals surface area contributed by atoms with Gasteiger partial charge in [0.05, 0.1) is 35.9 Å². The van der Waals surface area contributed by atoms with Crippen LogP contribution < -0.4 is 15.4 Å². The highest BCUT2D eigenvalue weighted by atomic mass is 32.2. The van der Waals surface area contributed by atoms with Gasteiger partial charge in [-0.05, 0) is 13.8 Å². The van der Waals surface area contributed by atoms with E-state index in [2.05, 4.69) is 40.0 Å². The number of phenolic OH excluding ortho intramolecular Hbond substituents is 1. The number of nitrogens with zero attached hydrogens (tertiary/aromatic N) is 2. The highest BCUT2D eigenvalue weighted by Gasteiger charge is 2.28. The van der Waals surface area contributed by atoms with Crippen LogP contribution in [0.15, 0.2) is 23.2 Å². The molecule has 0 spiro atoms. The first-order valence-electron chi connectivity index (χ1n) is 10.5. The monoisotopic (exact) mass is 556 g/mol. The van der Waals surface area contributed by atoms with Crippen LogP contribution in [0.25, 0.3) is 0 Å². The summed E-state index contributed by atoms with van der Waals surface area (Å²) in [6, 6.07) is 0.911.